The zero-order valence-electron chi connectivity index (χ0n) is 14.3. The van der Waals surface area contributed by atoms with Crippen LogP contribution in [0.5, 0.6) is 5.75 Å². The van der Waals surface area contributed by atoms with Crippen molar-refractivity contribution in [3.8, 4) is 5.75 Å². The quantitative estimate of drug-likeness (QED) is 0.495. The average molecular weight is 423 g/mol. The largest absolute Gasteiger partial charge is 0.507 e. The number of phenols is 1. The van der Waals surface area contributed by atoms with Gasteiger partial charge >= 0.3 is 6.03 Å². The van der Waals surface area contributed by atoms with E-state index in [-0.39, 0.29) is 11.7 Å². The first-order valence-electron chi connectivity index (χ1n) is 8.12. The average Bonchev–Trinajstić information content (AvgIpc) is 2.94. The lowest BCUT2D eigenvalue weighted by molar-refractivity contribution is -0.127. The minimum absolute atomic E-state index is 0.0853. The van der Waals surface area contributed by atoms with Crippen LogP contribution in [0.2, 0.25) is 0 Å². The van der Waals surface area contributed by atoms with Crippen LogP contribution in [0.1, 0.15) is 18.9 Å². The van der Waals surface area contributed by atoms with Gasteiger partial charge in [-0.15, -0.1) is 0 Å². The number of fused-ring (bicyclic) bond motifs is 1. The molecule has 2 unspecified atom stereocenters. The molecule has 2 aliphatic heterocycles. The Labute approximate surface area is 158 Å². The lowest BCUT2D eigenvalue weighted by Crippen LogP contribution is -2.64. The fourth-order valence-electron chi connectivity index (χ4n) is 2.89. The Balaban J connectivity index is 1.80. The normalized spacial score (nSPS) is 22.5. The molecule has 138 valence electrons. The Hall–Kier alpha value is -2.62. The summed E-state index contributed by atoms with van der Waals surface area (Å²) < 4.78 is 0.761. The van der Waals surface area contributed by atoms with E-state index < -0.39 is 18.2 Å². The summed E-state index contributed by atoms with van der Waals surface area (Å²) >= 11 is 3.28. The molecule has 2 atom stereocenters. The number of hydrogen-bond donors (Lipinski definition) is 3. The Morgan fingerprint density at radius 2 is 2.23 bits per heavy atom. The highest BCUT2D eigenvalue weighted by Gasteiger charge is 2.48. The van der Waals surface area contributed by atoms with Crippen molar-refractivity contribution in [3.05, 3.63) is 28.2 Å². The van der Waals surface area contributed by atoms with Gasteiger partial charge in [0.25, 0.3) is 5.91 Å². The van der Waals surface area contributed by atoms with Crippen molar-refractivity contribution in [1.29, 1.82) is 0 Å². The summed E-state index contributed by atoms with van der Waals surface area (Å²) in [5.41, 5.74) is 3.36. The Bertz CT molecular complexity index is 796. The molecule has 26 heavy (non-hydrogen) atoms. The summed E-state index contributed by atoms with van der Waals surface area (Å²) in [4.78, 5) is 31.7. The number of imide groups is 1. The number of aromatic hydroxyl groups is 1. The van der Waals surface area contributed by atoms with E-state index in [1.807, 2.05) is 6.92 Å². The molecule has 0 saturated carbocycles. The van der Waals surface area contributed by atoms with Crippen LogP contribution >= 0.6 is 15.9 Å². The number of nitrogens with one attached hydrogen (secondary N) is 2. The lowest BCUT2D eigenvalue weighted by atomic mass is 10.1. The van der Waals surface area contributed by atoms with Gasteiger partial charge in [-0.05, 0) is 24.6 Å². The van der Waals surface area contributed by atoms with E-state index >= 15 is 0 Å². The first-order valence-corrected chi connectivity index (χ1v) is 8.91. The standard InChI is InChI=1S/C16H19BrN6O3/c1-3-6-23-12-13(22(2)16(26)20-14(12)25)19-15(23)21-18-8-9-4-5-10(17)7-11(9)24/h4-5,7-8,12-13,24H,3,6H2,1-2H3,(H,19,21)(H,20,25,26)/b18-8+. The molecule has 0 aromatic heterocycles. The van der Waals surface area contributed by atoms with Gasteiger partial charge < -0.3 is 14.9 Å². The Morgan fingerprint density at radius 3 is 2.92 bits per heavy atom. The lowest BCUT2D eigenvalue weighted by Gasteiger charge is -2.35. The molecule has 9 nitrogen and oxygen atoms in total. The second-order valence-corrected chi connectivity index (χ2v) is 6.90. The number of likely N-dealkylation sites (N-methyl/N-ethyl adjacent to an activating group) is 1. The van der Waals surface area contributed by atoms with Crippen molar-refractivity contribution >= 4 is 40.0 Å². The fourth-order valence-corrected chi connectivity index (χ4v) is 3.24. The molecule has 1 aromatic rings. The molecule has 10 heteroatoms. The summed E-state index contributed by atoms with van der Waals surface area (Å²) in [5.74, 6) is 0.120. The molecule has 1 fully saturated rings. The van der Waals surface area contributed by atoms with Crippen molar-refractivity contribution in [3.63, 3.8) is 0 Å². The third-order valence-corrected chi connectivity index (χ3v) is 4.68. The molecule has 1 saturated heterocycles. The van der Waals surface area contributed by atoms with Crippen molar-refractivity contribution in [2.24, 2.45) is 10.1 Å². The molecule has 3 rings (SSSR count). The van der Waals surface area contributed by atoms with Crippen LogP contribution in [0.3, 0.4) is 0 Å². The molecule has 3 N–H and O–H groups in total. The number of hydrazone groups is 1. The maximum Gasteiger partial charge on any atom is 0.325 e. The summed E-state index contributed by atoms with van der Waals surface area (Å²) in [7, 11) is 1.60. The van der Waals surface area contributed by atoms with Gasteiger partial charge in [-0.1, -0.05) is 22.9 Å². The molecule has 0 aliphatic carbocycles. The van der Waals surface area contributed by atoms with Crippen LogP contribution in [0, 0.1) is 0 Å². The maximum absolute atomic E-state index is 12.3. The number of hydrogen-bond acceptors (Lipinski definition) is 7. The van der Waals surface area contributed by atoms with Crippen molar-refractivity contribution in [2.75, 3.05) is 13.6 Å². The van der Waals surface area contributed by atoms with Crippen molar-refractivity contribution < 1.29 is 14.7 Å². The predicted octanol–water partition coefficient (Wildman–Crippen LogP) is 1.04. The van der Waals surface area contributed by atoms with Crippen LogP contribution in [0.25, 0.3) is 0 Å². The smallest absolute Gasteiger partial charge is 0.325 e. The van der Waals surface area contributed by atoms with Gasteiger partial charge in [-0.2, -0.15) is 5.10 Å². The monoisotopic (exact) mass is 422 g/mol. The SMILES string of the molecule is CCCN1C(N/N=C/c2ccc(Br)cc2O)=NC2C1C(=O)NC(=O)N2C. The number of rotatable bonds is 4. The topological polar surface area (TPSA) is 110 Å². The van der Waals surface area contributed by atoms with Crippen LogP contribution in [0.4, 0.5) is 4.79 Å². The van der Waals surface area contributed by atoms with E-state index in [9.17, 15) is 14.7 Å². The van der Waals surface area contributed by atoms with E-state index in [1.54, 1.807) is 30.1 Å². The first-order chi connectivity index (χ1) is 12.4. The van der Waals surface area contributed by atoms with E-state index in [1.165, 1.54) is 11.1 Å². The summed E-state index contributed by atoms with van der Waals surface area (Å²) in [5, 5.41) is 16.3. The fraction of sp³-hybridized carbons (Fsp3) is 0.375. The zero-order valence-corrected chi connectivity index (χ0v) is 15.9. The Morgan fingerprint density at radius 1 is 1.46 bits per heavy atom. The van der Waals surface area contributed by atoms with Gasteiger partial charge in [-0.3, -0.25) is 10.1 Å². The number of amides is 3. The predicted molar refractivity (Wildman–Crippen MR) is 99.8 cm³/mol. The number of carbonyl (C=O) groups is 2. The van der Waals surface area contributed by atoms with E-state index in [0.717, 1.165) is 10.9 Å². The first kappa shape index (κ1) is 18.2. The number of benzene rings is 1. The number of guanidine groups is 1. The van der Waals surface area contributed by atoms with Crippen LogP contribution in [-0.4, -0.2) is 64.8 Å². The highest BCUT2D eigenvalue weighted by atomic mass is 79.9. The van der Waals surface area contributed by atoms with Crippen LogP contribution in [0.15, 0.2) is 32.8 Å². The van der Waals surface area contributed by atoms with E-state index in [0.29, 0.717) is 18.1 Å². The molecular weight excluding hydrogens is 404 g/mol. The van der Waals surface area contributed by atoms with Gasteiger partial charge in [0.1, 0.15) is 5.75 Å². The zero-order chi connectivity index (χ0) is 18.8. The van der Waals surface area contributed by atoms with Gasteiger partial charge in [0.15, 0.2) is 12.2 Å². The highest BCUT2D eigenvalue weighted by molar-refractivity contribution is 9.10. The summed E-state index contributed by atoms with van der Waals surface area (Å²) in [6.45, 7) is 2.57. The summed E-state index contributed by atoms with van der Waals surface area (Å²) in [6.07, 6.45) is 1.67. The number of aliphatic imine (C=N–C) groups is 1. The third-order valence-electron chi connectivity index (χ3n) is 4.19. The number of nitrogens with zero attached hydrogens (tertiary/aromatic N) is 4. The van der Waals surface area contributed by atoms with E-state index in [2.05, 4.69) is 36.8 Å². The number of carbonyl (C=O) groups excluding carboxylic acids is 2. The van der Waals surface area contributed by atoms with Gasteiger partial charge in [-0.25, -0.2) is 15.2 Å². The molecule has 0 radical (unpaired) electrons. The molecule has 0 spiro atoms. The minimum Gasteiger partial charge on any atom is -0.507 e. The van der Waals surface area contributed by atoms with Gasteiger partial charge in [0.2, 0.25) is 5.96 Å². The van der Waals surface area contributed by atoms with Crippen molar-refractivity contribution in [1.82, 2.24) is 20.5 Å². The molecular formula is C16H19BrN6O3. The molecule has 1 aromatic carbocycles. The molecule has 3 amide bonds. The Kier molecular flexibility index (Phi) is 5.12. The molecule has 2 aliphatic rings. The number of urea groups is 1. The third kappa shape index (κ3) is 3.36. The second kappa shape index (κ2) is 7.32. The molecule has 2 heterocycles. The maximum atomic E-state index is 12.3. The van der Waals surface area contributed by atoms with Gasteiger partial charge in [0.05, 0.1) is 6.21 Å². The number of halogens is 1. The minimum atomic E-state index is -0.596. The number of phenolic OH excluding ortho intramolecular Hbond substituents is 1. The van der Waals surface area contributed by atoms with Gasteiger partial charge in [0, 0.05) is 23.6 Å². The summed E-state index contributed by atoms with van der Waals surface area (Å²) in [6, 6.07) is 4.01. The highest BCUT2D eigenvalue weighted by Crippen LogP contribution is 2.24. The van der Waals surface area contributed by atoms with Crippen LogP contribution < -0.4 is 10.7 Å². The molecule has 0 bridgehead atoms. The van der Waals surface area contributed by atoms with Crippen molar-refractivity contribution in [2.45, 2.75) is 25.6 Å². The van der Waals surface area contributed by atoms with E-state index in [4.69, 9.17) is 0 Å². The van der Waals surface area contributed by atoms with Crippen LogP contribution in [-0.2, 0) is 4.79 Å². The second-order valence-electron chi connectivity index (χ2n) is 5.98.